The quantitative estimate of drug-likeness (QED) is 0.635. The lowest BCUT2D eigenvalue weighted by Crippen LogP contribution is -1.98. The molecule has 1 aromatic carbocycles. The van der Waals surface area contributed by atoms with Gasteiger partial charge in [0.15, 0.2) is 5.78 Å². The van der Waals surface area contributed by atoms with Crippen molar-refractivity contribution in [1.82, 2.24) is 4.98 Å². The van der Waals surface area contributed by atoms with Gasteiger partial charge in [-0.2, -0.15) is 0 Å². The number of alkyl halides is 1. The number of hydrogen-bond donors (Lipinski definition) is 0. The van der Waals surface area contributed by atoms with Crippen LogP contribution in [0.2, 0.25) is 0 Å². The fourth-order valence-electron chi connectivity index (χ4n) is 1.46. The van der Waals surface area contributed by atoms with Crippen molar-refractivity contribution in [3.05, 3.63) is 54.4 Å². The van der Waals surface area contributed by atoms with Crippen molar-refractivity contribution in [2.45, 2.75) is 0 Å². The van der Waals surface area contributed by atoms with Crippen LogP contribution < -0.4 is 0 Å². The number of nitrogens with zero attached hydrogens (tertiary/aromatic N) is 1. The highest BCUT2D eigenvalue weighted by Gasteiger charge is 2.03. The summed E-state index contributed by atoms with van der Waals surface area (Å²) in [5, 5.41) is 0.360. The van der Waals surface area contributed by atoms with Crippen molar-refractivity contribution in [1.29, 1.82) is 0 Å². The Morgan fingerprint density at radius 2 is 1.88 bits per heavy atom. The molecule has 0 bridgehead atoms. The van der Waals surface area contributed by atoms with E-state index in [2.05, 4.69) is 20.9 Å². The molecule has 0 fully saturated rings. The summed E-state index contributed by atoms with van der Waals surface area (Å²) in [4.78, 5) is 15.5. The van der Waals surface area contributed by atoms with E-state index >= 15 is 0 Å². The summed E-state index contributed by atoms with van der Waals surface area (Å²) >= 11 is 3.16. The highest BCUT2D eigenvalue weighted by molar-refractivity contribution is 9.09. The lowest BCUT2D eigenvalue weighted by molar-refractivity contribution is 0.102. The molecule has 0 aliphatic carbocycles. The fraction of sp³-hybridized carbons (Fsp3) is 0.0769. The number of Topliss-reactive ketones (excluding diaryl/α,β-unsaturated/α-hetero) is 1. The Balaban J connectivity index is 2.30. The molecule has 16 heavy (non-hydrogen) atoms. The summed E-state index contributed by atoms with van der Waals surface area (Å²) in [7, 11) is 0. The van der Waals surface area contributed by atoms with Gasteiger partial charge in [0.25, 0.3) is 0 Å². The minimum absolute atomic E-state index is 0.0951. The van der Waals surface area contributed by atoms with Crippen LogP contribution in [0.15, 0.2) is 48.8 Å². The van der Waals surface area contributed by atoms with E-state index in [1.54, 1.807) is 12.4 Å². The van der Waals surface area contributed by atoms with Gasteiger partial charge < -0.3 is 0 Å². The SMILES string of the molecule is O=C(CBr)c1ccc(-c2cccnc2)cc1. The summed E-state index contributed by atoms with van der Waals surface area (Å²) in [5.74, 6) is 0.0951. The Labute approximate surface area is 102 Å². The Kier molecular flexibility index (Phi) is 3.47. The summed E-state index contributed by atoms with van der Waals surface area (Å²) < 4.78 is 0. The van der Waals surface area contributed by atoms with Gasteiger partial charge in [-0.15, -0.1) is 0 Å². The summed E-state index contributed by atoms with van der Waals surface area (Å²) in [6, 6.07) is 11.4. The molecule has 80 valence electrons. The molecule has 2 rings (SSSR count). The van der Waals surface area contributed by atoms with Gasteiger partial charge >= 0.3 is 0 Å². The fourth-order valence-corrected chi connectivity index (χ4v) is 1.78. The number of benzene rings is 1. The Hall–Kier alpha value is -1.48. The van der Waals surface area contributed by atoms with Crippen LogP contribution in [-0.4, -0.2) is 16.1 Å². The first-order valence-electron chi connectivity index (χ1n) is 4.91. The van der Waals surface area contributed by atoms with Gasteiger partial charge in [0.1, 0.15) is 0 Å². The minimum Gasteiger partial charge on any atom is -0.293 e. The normalized spacial score (nSPS) is 10.1. The third kappa shape index (κ3) is 2.36. The van der Waals surface area contributed by atoms with Gasteiger partial charge in [-0.1, -0.05) is 46.3 Å². The molecule has 1 heterocycles. The summed E-state index contributed by atoms with van der Waals surface area (Å²) in [6.07, 6.45) is 3.55. The van der Waals surface area contributed by atoms with Gasteiger partial charge in [0.2, 0.25) is 0 Å². The molecule has 0 atom stereocenters. The number of ketones is 1. The molecular weight excluding hydrogens is 266 g/mol. The van der Waals surface area contributed by atoms with E-state index in [4.69, 9.17) is 0 Å². The van der Waals surface area contributed by atoms with E-state index in [9.17, 15) is 4.79 Å². The van der Waals surface area contributed by atoms with Crippen LogP contribution in [0.25, 0.3) is 11.1 Å². The highest BCUT2D eigenvalue weighted by atomic mass is 79.9. The van der Waals surface area contributed by atoms with E-state index in [1.165, 1.54) is 0 Å². The van der Waals surface area contributed by atoms with Crippen LogP contribution in [0.3, 0.4) is 0 Å². The van der Waals surface area contributed by atoms with E-state index < -0.39 is 0 Å². The molecular formula is C13H10BrNO. The lowest BCUT2D eigenvalue weighted by atomic mass is 10.0. The number of carbonyl (C=O) groups is 1. The molecule has 3 heteroatoms. The first-order valence-corrected chi connectivity index (χ1v) is 6.03. The number of aromatic nitrogens is 1. The number of pyridine rings is 1. The molecule has 0 spiro atoms. The molecule has 0 radical (unpaired) electrons. The second-order valence-electron chi connectivity index (χ2n) is 3.38. The summed E-state index contributed by atoms with van der Waals surface area (Å²) in [6.45, 7) is 0. The minimum atomic E-state index is 0.0951. The standard InChI is InChI=1S/C13H10BrNO/c14-8-13(16)11-5-3-10(4-6-11)12-2-1-7-15-9-12/h1-7,9H,8H2. The molecule has 0 aliphatic rings. The highest BCUT2D eigenvalue weighted by Crippen LogP contribution is 2.18. The maximum atomic E-state index is 11.4. The van der Waals surface area contributed by atoms with Crippen LogP contribution in [0.1, 0.15) is 10.4 Å². The van der Waals surface area contributed by atoms with Gasteiger partial charge in [0, 0.05) is 18.0 Å². The van der Waals surface area contributed by atoms with E-state index in [-0.39, 0.29) is 5.78 Å². The molecule has 0 unspecified atom stereocenters. The first-order chi connectivity index (χ1) is 7.81. The smallest absolute Gasteiger partial charge is 0.173 e. The van der Waals surface area contributed by atoms with Crippen LogP contribution in [0.5, 0.6) is 0 Å². The Morgan fingerprint density at radius 1 is 1.12 bits per heavy atom. The first kappa shape index (κ1) is 11.0. The zero-order valence-corrected chi connectivity index (χ0v) is 10.1. The molecule has 0 saturated heterocycles. The molecule has 0 saturated carbocycles. The zero-order chi connectivity index (χ0) is 11.4. The average molecular weight is 276 g/mol. The van der Waals surface area contributed by atoms with Gasteiger partial charge in [-0.3, -0.25) is 9.78 Å². The molecule has 0 amide bonds. The van der Waals surface area contributed by atoms with Crippen molar-refractivity contribution in [2.75, 3.05) is 5.33 Å². The third-order valence-electron chi connectivity index (χ3n) is 2.32. The van der Waals surface area contributed by atoms with Crippen molar-refractivity contribution in [3.63, 3.8) is 0 Å². The zero-order valence-electron chi connectivity index (χ0n) is 8.56. The monoisotopic (exact) mass is 275 g/mol. The predicted molar refractivity (Wildman–Crippen MR) is 67.8 cm³/mol. The number of halogens is 1. The van der Waals surface area contributed by atoms with Crippen molar-refractivity contribution >= 4 is 21.7 Å². The van der Waals surface area contributed by atoms with E-state index in [0.717, 1.165) is 16.7 Å². The Bertz CT molecular complexity index is 479. The van der Waals surface area contributed by atoms with E-state index in [0.29, 0.717) is 5.33 Å². The molecule has 2 aromatic rings. The number of hydrogen-bond acceptors (Lipinski definition) is 2. The van der Waals surface area contributed by atoms with Crippen LogP contribution in [0, 0.1) is 0 Å². The largest absolute Gasteiger partial charge is 0.293 e. The number of carbonyl (C=O) groups excluding carboxylic acids is 1. The maximum absolute atomic E-state index is 11.4. The molecule has 0 aliphatic heterocycles. The maximum Gasteiger partial charge on any atom is 0.173 e. The second-order valence-corrected chi connectivity index (χ2v) is 3.94. The molecule has 0 N–H and O–H groups in total. The van der Waals surface area contributed by atoms with Gasteiger partial charge in [-0.05, 0) is 17.2 Å². The van der Waals surface area contributed by atoms with Crippen LogP contribution in [-0.2, 0) is 0 Å². The topological polar surface area (TPSA) is 30.0 Å². The van der Waals surface area contributed by atoms with Crippen molar-refractivity contribution < 1.29 is 4.79 Å². The average Bonchev–Trinajstić information content (AvgIpc) is 2.39. The number of rotatable bonds is 3. The second kappa shape index (κ2) is 5.03. The van der Waals surface area contributed by atoms with Crippen LogP contribution in [0.4, 0.5) is 0 Å². The van der Waals surface area contributed by atoms with Crippen molar-refractivity contribution in [2.24, 2.45) is 0 Å². The van der Waals surface area contributed by atoms with Crippen LogP contribution >= 0.6 is 15.9 Å². The molecule has 2 nitrogen and oxygen atoms in total. The van der Waals surface area contributed by atoms with Gasteiger partial charge in [-0.25, -0.2) is 0 Å². The third-order valence-corrected chi connectivity index (χ3v) is 2.83. The predicted octanol–water partition coefficient (Wildman–Crippen LogP) is 3.33. The van der Waals surface area contributed by atoms with Gasteiger partial charge in [0.05, 0.1) is 5.33 Å². The lowest BCUT2D eigenvalue weighted by Gasteiger charge is -2.02. The van der Waals surface area contributed by atoms with Crippen molar-refractivity contribution in [3.8, 4) is 11.1 Å². The Morgan fingerprint density at radius 3 is 2.44 bits per heavy atom. The molecule has 1 aromatic heterocycles. The van der Waals surface area contributed by atoms with E-state index in [1.807, 2.05) is 36.4 Å². The summed E-state index contributed by atoms with van der Waals surface area (Å²) in [5.41, 5.74) is 2.85.